The first kappa shape index (κ1) is 17.1. The normalized spacial score (nSPS) is 13.5. The lowest BCUT2D eigenvalue weighted by molar-refractivity contribution is -0.128. The second-order valence-corrected chi connectivity index (χ2v) is 6.49. The Labute approximate surface area is 111 Å². The van der Waals surface area contributed by atoms with Crippen molar-refractivity contribution in [2.75, 3.05) is 6.54 Å². The average Bonchev–Trinajstić information content (AvgIpc) is 2.19. The van der Waals surface area contributed by atoms with Gasteiger partial charge in [0.15, 0.2) is 5.78 Å². The molecule has 0 spiro atoms. The average molecular weight is 256 g/mol. The van der Waals surface area contributed by atoms with Crippen LogP contribution < -0.4 is 11.1 Å². The van der Waals surface area contributed by atoms with E-state index in [-0.39, 0.29) is 23.7 Å². The Balaban J connectivity index is 4.25. The van der Waals surface area contributed by atoms with Crippen LogP contribution in [0.4, 0.5) is 0 Å². The van der Waals surface area contributed by atoms with E-state index in [1.807, 2.05) is 20.8 Å². The second-order valence-electron chi connectivity index (χ2n) is 6.49. The third kappa shape index (κ3) is 8.23. The molecule has 0 aromatic heterocycles. The molecule has 0 fully saturated rings. The highest BCUT2D eigenvalue weighted by atomic mass is 16.2. The molecule has 1 unspecified atom stereocenters. The van der Waals surface area contributed by atoms with Gasteiger partial charge in [-0.1, -0.05) is 34.6 Å². The zero-order valence-electron chi connectivity index (χ0n) is 12.4. The summed E-state index contributed by atoms with van der Waals surface area (Å²) in [5, 5.41) is 2.73. The monoisotopic (exact) mass is 256 g/mol. The number of nitrogens with two attached hydrogens (primary N) is 1. The molecule has 3 N–H and O–H groups in total. The summed E-state index contributed by atoms with van der Waals surface area (Å²) in [7, 11) is 0. The standard InChI is InChI=1S/C14H28N2O2/c1-10(2)6-7-12(17)11(9-15)16-13(18)8-14(3,4)5/h10-11H,6-9,15H2,1-5H3,(H,16,18). The van der Waals surface area contributed by atoms with E-state index in [1.165, 1.54) is 0 Å². The van der Waals surface area contributed by atoms with Crippen molar-refractivity contribution in [3.8, 4) is 0 Å². The molecule has 0 aliphatic carbocycles. The summed E-state index contributed by atoms with van der Waals surface area (Å²) in [6.07, 6.45) is 1.72. The minimum absolute atomic E-state index is 0.0356. The fourth-order valence-corrected chi connectivity index (χ4v) is 1.60. The number of ketones is 1. The number of carbonyl (C=O) groups is 2. The molecule has 1 atom stereocenters. The highest BCUT2D eigenvalue weighted by Gasteiger charge is 2.22. The topological polar surface area (TPSA) is 72.2 Å². The minimum Gasteiger partial charge on any atom is -0.345 e. The number of amides is 1. The predicted octanol–water partition coefficient (Wildman–Crippen LogP) is 1.87. The maximum Gasteiger partial charge on any atom is 0.221 e. The summed E-state index contributed by atoms with van der Waals surface area (Å²) in [6.45, 7) is 10.3. The first-order chi connectivity index (χ1) is 8.15. The van der Waals surface area contributed by atoms with Gasteiger partial charge in [-0.15, -0.1) is 0 Å². The summed E-state index contributed by atoms with van der Waals surface area (Å²) >= 11 is 0. The van der Waals surface area contributed by atoms with E-state index >= 15 is 0 Å². The molecule has 0 aliphatic heterocycles. The van der Waals surface area contributed by atoms with Crippen molar-refractivity contribution >= 4 is 11.7 Å². The molecule has 106 valence electrons. The van der Waals surface area contributed by atoms with Crippen LogP contribution in [-0.2, 0) is 9.59 Å². The largest absolute Gasteiger partial charge is 0.345 e. The highest BCUT2D eigenvalue weighted by molar-refractivity contribution is 5.89. The Morgan fingerprint density at radius 1 is 1.22 bits per heavy atom. The van der Waals surface area contributed by atoms with Crippen molar-refractivity contribution in [1.29, 1.82) is 0 Å². The van der Waals surface area contributed by atoms with Crippen LogP contribution in [0.5, 0.6) is 0 Å². The summed E-state index contributed by atoms with van der Waals surface area (Å²) in [5.74, 6) is 0.418. The maximum absolute atomic E-state index is 11.9. The van der Waals surface area contributed by atoms with E-state index in [0.717, 1.165) is 6.42 Å². The van der Waals surface area contributed by atoms with E-state index in [0.29, 0.717) is 18.8 Å². The molecule has 0 saturated heterocycles. The van der Waals surface area contributed by atoms with Gasteiger partial charge in [-0.25, -0.2) is 0 Å². The number of hydrogen-bond acceptors (Lipinski definition) is 3. The van der Waals surface area contributed by atoms with Gasteiger partial charge in [0.25, 0.3) is 0 Å². The van der Waals surface area contributed by atoms with Gasteiger partial charge < -0.3 is 11.1 Å². The van der Waals surface area contributed by atoms with E-state index in [9.17, 15) is 9.59 Å². The molecule has 0 saturated carbocycles. The predicted molar refractivity (Wildman–Crippen MR) is 74.1 cm³/mol. The molecular weight excluding hydrogens is 228 g/mol. The number of carbonyl (C=O) groups excluding carboxylic acids is 2. The van der Waals surface area contributed by atoms with Crippen molar-refractivity contribution < 1.29 is 9.59 Å². The third-order valence-electron chi connectivity index (χ3n) is 2.62. The van der Waals surface area contributed by atoms with Gasteiger partial charge in [-0.3, -0.25) is 9.59 Å². The molecule has 18 heavy (non-hydrogen) atoms. The fraction of sp³-hybridized carbons (Fsp3) is 0.857. The molecule has 4 heteroatoms. The lowest BCUT2D eigenvalue weighted by atomic mass is 9.91. The van der Waals surface area contributed by atoms with Crippen molar-refractivity contribution in [1.82, 2.24) is 5.32 Å². The van der Waals surface area contributed by atoms with Gasteiger partial charge in [-0.2, -0.15) is 0 Å². The van der Waals surface area contributed by atoms with Gasteiger partial charge in [0.1, 0.15) is 0 Å². The Morgan fingerprint density at radius 2 is 1.78 bits per heavy atom. The van der Waals surface area contributed by atoms with E-state index < -0.39 is 6.04 Å². The highest BCUT2D eigenvalue weighted by Crippen LogP contribution is 2.18. The third-order valence-corrected chi connectivity index (χ3v) is 2.62. The van der Waals surface area contributed by atoms with Crippen LogP contribution in [-0.4, -0.2) is 24.3 Å². The lowest BCUT2D eigenvalue weighted by Gasteiger charge is -2.21. The van der Waals surface area contributed by atoms with Crippen LogP contribution in [0.3, 0.4) is 0 Å². The molecule has 1 amide bonds. The van der Waals surface area contributed by atoms with Gasteiger partial charge in [0.2, 0.25) is 5.91 Å². The number of Topliss-reactive ketones (excluding diaryl/α,β-unsaturated/α-hetero) is 1. The van der Waals surface area contributed by atoms with Crippen molar-refractivity contribution in [3.63, 3.8) is 0 Å². The van der Waals surface area contributed by atoms with Crippen LogP contribution in [0.15, 0.2) is 0 Å². The first-order valence-corrected chi connectivity index (χ1v) is 6.68. The smallest absolute Gasteiger partial charge is 0.221 e. The first-order valence-electron chi connectivity index (χ1n) is 6.68. The lowest BCUT2D eigenvalue weighted by Crippen LogP contribution is -2.46. The van der Waals surface area contributed by atoms with E-state index in [1.54, 1.807) is 0 Å². The van der Waals surface area contributed by atoms with E-state index in [2.05, 4.69) is 19.2 Å². The molecule has 0 aliphatic rings. The maximum atomic E-state index is 11.9. The quantitative estimate of drug-likeness (QED) is 0.730. The second kappa shape index (κ2) is 7.52. The van der Waals surface area contributed by atoms with Crippen molar-refractivity contribution in [3.05, 3.63) is 0 Å². The SMILES string of the molecule is CC(C)CCC(=O)C(CN)NC(=O)CC(C)(C)C. The van der Waals surface area contributed by atoms with Crippen LogP contribution in [0, 0.1) is 11.3 Å². The number of nitrogens with one attached hydrogen (secondary N) is 1. The number of rotatable bonds is 7. The molecule has 0 radical (unpaired) electrons. The Morgan fingerprint density at radius 3 is 2.17 bits per heavy atom. The Kier molecular flexibility index (Phi) is 7.14. The fourth-order valence-electron chi connectivity index (χ4n) is 1.60. The molecule has 0 rings (SSSR count). The molecule has 0 heterocycles. The van der Waals surface area contributed by atoms with Crippen molar-refractivity contribution in [2.45, 2.75) is 59.9 Å². The number of hydrogen-bond donors (Lipinski definition) is 2. The van der Waals surface area contributed by atoms with Crippen LogP contribution in [0.1, 0.15) is 53.9 Å². The Hall–Kier alpha value is -0.900. The van der Waals surface area contributed by atoms with Crippen LogP contribution in [0.25, 0.3) is 0 Å². The van der Waals surface area contributed by atoms with Gasteiger partial charge in [-0.05, 0) is 17.8 Å². The summed E-state index contributed by atoms with van der Waals surface area (Å²) in [5.41, 5.74) is 5.48. The zero-order chi connectivity index (χ0) is 14.3. The van der Waals surface area contributed by atoms with Gasteiger partial charge in [0.05, 0.1) is 6.04 Å². The summed E-state index contributed by atoms with van der Waals surface area (Å²) in [6, 6.07) is -0.529. The van der Waals surface area contributed by atoms with Gasteiger partial charge in [0, 0.05) is 19.4 Å². The van der Waals surface area contributed by atoms with E-state index in [4.69, 9.17) is 5.73 Å². The summed E-state index contributed by atoms with van der Waals surface area (Å²) < 4.78 is 0. The summed E-state index contributed by atoms with van der Waals surface area (Å²) in [4.78, 5) is 23.6. The zero-order valence-corrected chi connectivity index (χ0v) is 12.4. The van der Waals surface area contributed by atoms with Crippen LogP contribution >= 0.6 is 0 Å². The van der Waals surface area contributed by atoms with Gasteiger partial charge >= 0.3 is 0 Å². The molecule has 4 nitrogen and oxygen atoms in total. The molecular formula is C14H28N2O2. The minimum atomic E-state index is -0.529. The van der Waals surface area contributed by atoms with Crippen molar-refractivity contribution in [2.24, 2.45) is 17.1 Å². The Bertz CT molecular complexity index is 280. The molecule has 0 aromatic rings. The van der Waals surface area contributed by atoms with Crippen LogP contribution in [0.2, 0.25) is 0 Å². The molecule has 0 bridgehead atoms. The molecule has 0 aromatic carbocycles.